The first-order valence-electron chi connectivity index (χ1n) is 8.60. The maximum absolute atomic E-state index is 12.1. The molecule has 0 aliphatic rings. The number of nitrogens with one attached hydrogen (secondary N) is 1. The lowest BCUT2D eigenvalue weighted by Crippen LogP contribution is -2.20. The van der Waals surface area contributed by atoms with Crippen LogP contribution in [0.1, 0.15) is 5.56 Å². The van der Waals surface area contributed by atoms with Gasteiger partial charge in [0.05, 0.1) is 23.5 Å². The molecule has 3 rings (SSSR count). The number of carbonyl (C=O) groups excluding carboxylic acids is 1. The summed E-state index contributed by atoms with van der Waals surface area (Å²) in [5.41, 5.74) is 2.20. The van der Waals surface area contributed by atoms with Gasteiger partial charge >= 0.3 is 0 Å². The van der Waals surface area contributed by atoms with Gasteiger partial charge in [0.15, 0.2) is 6.61 Å². The lowest BCUT2D eigenvalue weighted by molar-refractivity contribution is -0.118. The molecule has 1 amide bonds. The van der Waals surface area contributed by atoms with Gasteiger partial charge in [0.25, 0.3) is 5.91 Å². The molecule has 0 aliphatic carbocycles. The summed E-state index contributed by atoms with van der Waals surface area (Å²) in [4.78, 5) is 16.5. The van der Waals surface area contributed by atoms with E-state index in [1.807, 2.05) is 42.5 Å². The van der Waals surface area contributed by atoms with Crippen LogP contribution in [0.2, 0.25) is 5.02 Å². The molecule has 0 spiro atoms. The molecule has 0 saturated carbocycles. The molecule has 0 radical (unpaired) electrons. The Kier molecular flexibility index (Phi) is 6.65. The molecular formula is C22H19ClN2O3. The zero-order chi connectivity index (χ0) is 19.8. The van der Waals surface area contributed by atoms with Gasteiger partial charge in [-0.1, -0.05) is 35.9 Å². The van der Waals surface area contributed by atoms with Gasteiger partial charge in [-0.05, 0) is 54.1 Å². The summed E-state index contributed by atoms with van der Waals surface area (Å²) in [6, 6.07) is 21.9. The molecule has 0 aliphatic heterocycles. The number of methoxy groups -OCH3 is 1. The van der Waals surface area contributed by atoms with Gasteiger partial charge in [0.2, 0.25) is 0 Å². The van der Waals surface area contributed by atoms with Crippen molar-refractivity contribution in [1.82, 2.24) is 0 Å². The number of ether oxygens (including phenoxy) is 2. The van der Waals surface area contributed by atoms with E-state index in [0.29, 0.717) is 27.9 Å². The lowest BCUT2D eigenvalue weighted by atomic mass is 10.2. The first kappa shape index (κ1) is 19.5. The highest BCUT2D eigenvalue weighted by Gasteiger charge is 2.07. The number of hydrogen-bond donors (Lipinski definition) is 1. The second kappa shape index (κ2) is 9.58. The van der Waals surface area contributed by atoms with E-state index in [2.05, 4.69) is 10.3 Å². The van der Waals surface area contributed by atoms with E-state index in [1.165, 1.54) is 0 Å². The predicted octanol–water partition coefficient (Wildman–Crippen LogP) is 5.12. The van der Waals surface area contributed by atoms with Crippen LogP contribution in [0.4, 0.5) is 11.4 Å². The number of rotatable bonds is 7. The quantitative estimate of drug-likeness (QED) is 0.566. The van der Waals surface area contributed by atoms with Crippen LogP contribution in [0.25, 0.3) is 0 Å². The molecule has 142 valence electrons. The molecule has 0 saturated heterocycles. The smallest absolute Gasteiger partial charge is 0.262 e. The Hall–Kier alpha value is -3.31. The lowest BCUT2D eigenvalue weighted by Gasteiger charge is -2.10. The Labute approximate surface area is 168 Å². The first-order chi connectivity index (χ1) is 13.7. The second-order valence-corrected chi connectivity index (χ2v) is 6.22. The van der Waals surface area contributed by atoms with Gasteiger partial charge < -0.3 is 14.8 Å². The zero-order valence-corrected chi connectivity index (χ0v) is 16.0. The molecule has 0 aromatic heterocycles. The third-order valence-electron chi connectivity index (χ3n) is 3.84. The normalized spacial score (nSPS) is 10.6. The minimum atomic E-state index is -0.270. The van der Waals surface area contributed by atoms with Crippen LogP contribution in [-0.2, 0) is 4.79 Å². The summed E-state index contributed by atoms with van der Waals surface area (Å²) in [7, 11) is 1.55. The van der Waals surface area contributed by atoms with E-state index >= 15 is 0 Å². The number of aliphatic imine (C=N–C) groups is 1. The predicted molar refractivity (Wildman–Crippen MR) is 112 cm³/mol. The summed E-state index contributed by atoms with van der Waals surface area (Å²) < 4.78 is 10.7. The molecule has 0 bridgehead atoms. The van der Waals surface area contributed by atoms with Crippen LogP contribution in [0.3, 0.4) is 0 Å². The van der Waals surface area contributed by atoms with Gasteiger partial charge in [-0.25, -0.2) is 0 Å². The fraction of sp³-hybridized carbons (Fsp3) is 0.0909. The van der Waals surface area contributed by atoms with Crippen molar-refractivity contribution in [2.75, 3.05) is 19.0 Å². The first-order valence-corrected chi connectivity index (χ1v) is 8.98. The Morgan fingerprint density at radius 3 is 2.50 bits per heavy atom. The van der Waals surface area contributed by atoms with Gasteiger partial charge in [0, 0.05) is 6.21 Å². The standard InChI is InChI=1S/C22H19ClN2O3/c1-27-21-9-5-4-8-20(21)25-22(26)15-28-17-12-10-16(11-13-17)14-24-19-7-3-2-6-18(19)23/h2-14H,15H2,1H3,(H,25,26). The molecule has 28 heavy (non-hydrogen) atoms. The third-order valence-corrected chi connectivity index (χ3v) is 4.16. The Morgan fingerprint density at radius 2 is 1.75 bits per heavy atom. The van der Waals surface area contributed by atoms with Gasteiger partial charge in [0.1, 0.15) is 11.5 Å². The zero-order valence-electron chi connectivity index (χ0n) is 15.3. The van der Waals surface area contributed by atoms with Crippen LogP contribution in [0, 0.1) is 0 Å². The molecule has 3 aromatic rings. The number of para-hydroxylation sites is 3. The average Bonchev–Trinajstić information content (AvgIpc) is 2.73. The Morgan fingerprint density at radius 1 is 1.04 bits per heavy atom. The molecule has 6 heteroatoms. The topological polar surface area (TPSA) is 59.9 Å². The van der Waals surface area contributed by atoms with Crippen LogP contribution < -0.4 is 14.8 Å². The van der Waals surface area contributed by atoms with E-state index in [0.717, 1.165) is 5.56 Å². The Bertz CT molecular complexity index is 972. The maximum atomic E-state index is 12.1. The monoisotopic (exact) mass is 394 g/mol. The van der Waals surface area contributed by atoms with Gasteiger partial charge in [-0.2, -0.15) is 0 Å². The van der Waals surface area contributed by atoms with E-state index < -0.39 is 0 Å². The van der Waals surface area contributed by atoms with Crippen molar-refractivity contribution in [2.45, 2.75) is 0 Å². The molecular weight excluding hydrogens is 376 g/mol. The van der Waals surface area contributed by atoms with Crippen molar-refractivity contribution in [3.05, 3.63) is 83.4 Å². The highest BCUT2D eigenvalue weighted by molar-refractivity contribution is 6.33. The minimum absolute atomic E-state index is 0.106. The number of halogens is 1. The molecule has 5 nitrogen and oxygen atoms in total. The number of anilines is 1. The highest BCUT2D eigenvalue weighted by Crippen LogP contribution is 2.24. The van der Waals surface area contributed by atoms with Crippen molar-refractivity contribution >= 4 is 35.1 Å². The summed E-state index contributed by atoms with van der Waals surface area (Å²) in [6.07, 6.45) is 1.72. The van der Waals surface area contributed by atoms with Crippen LogP contribution >= 0.6 is 11.6 Å². The van der Waals surface area contributed by atoms with E-state index in [4.69, 9.17) is 21.1 Å². The average molecular weight is 395 g/mol. The number of carbonyl (C=O) groups is 1. The van der Waals surface area contributed by atoms with Crippen molar-refractivity contribution in [2.24, 2.45) is 4.99 Å². The Balaban J connectivity index is 1.54. The summed E-state index contributed by atoms with van der Waals surface area (Å²) in [5.74, 6) is 0.914. The van der Waals surface area contributed by atoms with Crippen LogP contribution in [0.15, 0.2) is 77.8 Å². The van der Waals surface area contributed by atoms with E-state index in [9.17, 15) is 4.79 Å². The number of benzene rings is 3. The summed E-state index contributed by atoms with van der Waals surface area (Å²) in [5, 5.41) is 3.36. The maximum Gasteiger partial charge on any atom is 0.262 e. The van der Waals surface area contributed by atoms with Crippen molar-refractivity contribution in [3.8, 4) is 11.5 Å². The van der Waals surface area contributed by atoms with Gasteiger partial charge in [-0.3, -0.25) is 9.79 Å². The fourth-order valence-electron chi connectivity index (χ4n) is 2.43. The summed E-state index contributed by atoms with van der Waals surface area (Å²) in [6.45, 7) is -0.106. The second-order valence-electron chi connectivity index (χ2n) is 5.82. The molecule has 3 aromatic carbocycles. The van der Waals surface area contributed by atoms with E-state index in [-0.39, 0.29) is 12.5 Å². The molecule has 0 fully saturated rings. The largest absolute Gasteiger partial charge is 0.495 e. The third kappa shape index (κ3) is 5.34. The SMILES string of the molecule is COc1ccccc1NC(=O)COc1ccc(C=Nc2ccccc2Cl)cc1. The van der Waals surface area contributed by atoms with E-state index in [1.54, 1.807) is 43.7 Å². The number of hydrogen-bond acceptors (Lipinski definition) is 4. The minimum Gasteiger partial charge on any atom is -0.495 e. The number of nitrogens with zero attached hydrogens (tertiary/aromatic N) is 1. The van der Waals surface area contributed by atoms with Crippen molar-refractivity contribution < 1.29 is 14.3 Å². The molecule has 0 unspecified atom stereocenters. The number of amides is 1. The molecule has 0 atom stereocenters. The van der Waals surface area contributed by atoms with Crippen molar-refractivity contribution in [3.63, 3.8) is 0 Å². The van der Waals surface area contributed by atoms with Crippen molar-refractivity contribution in [1.29, 1.82) is 0 Å². The molecule has 0 heterocycles. The fourth-order valence-corrected chi connectivity index (χ4v) is 2.62. The highest BCUT2D eigenvalue weighted by atomic mass is 35.5. The van der Waals surface area contributed by atoms with Gasteiger partial charge in [-0.15, -0.1) is 0 Å². The van der Waals surface area contributed by atoms with Crippen LogP contribution in [0.5, 0.6) is 11.5 Å². The molecule has 1 N–H and O–H groups in total. The summed E-state index contributed by atoms with van der Waals surface area (Å²) >= 11 is 6.08. The van der Waals surface area contributed by atoms with Crippen LogP contribution in [-0.4, -0.2) is 25.8 Å².